The number of Topliss-reactive ketones (excluding diaryl/α,β-unsaturated/α-hetero) is 1. The van der Waals surface area contributed by atoms with E-state index in [0.717, 1.165) is 12.1 Å². The van der Waals surface area contributed by atoms with Gasteiger partial charge in [-0.3, -0.25) is 4.79 Å². The minimum Gasteiger partial charge on any atom is -0.294 e. The van der Waals surface area contributed by atoms with Crippen molar-refractivity contribution in [2.45, 2.75) is 31.6 Å². The molecule has 2 rings (SSSR count). The molecule has 1 aromatic carbocycles. The van der Waals surface area contributed by atoms with Crippen molar-refractivity contribution in [1.29, 1.82) is 0 Å². The Bertz CT molecular complexity index is 463. The van der Waals surface area contributed by atoms with Crippen molar-refractivity contribution in [2.75, 3.05) is 0 Å². The van der Waals surface area contributed by atoms with Gasteiger partial charge < -0.3 is 0 Å². The second kappa shape index (κ2) is 4.92. The molecule has 1 nitrogen and oxygen atoms in total. The van der Waals surface area contributed by atoms with Crippen molar-refractivity contribution in [1.82, 2.24) is 0 Å². The van der Waals surface area contributed by atoms with E-state index in [4.69, 9.17) is 11.6 Å². The lowest BCUT2D eigenvalue weighted by Gasteiger charge is -2.27. The third-order valence-electron chi connectivity index (χ3n) is 3.28. The highest BCUT2D eigenvalue weighted by Crippen LogP contribution is 2.38. The molecule has 0 aliphatic heterocycles. The number of alkyl halides is 2. The van der Waals surface area contributed by atoms with Crippen molar-refractivity contribution in [3.8, 4) is 0 Å². The first-order chi connectivity index (χ1) is 8.39. The zero-order chi connectivity index (χ0) is 13.3. The summed E-state index contributed by atoms with van der Waals surface area (Å²) in [5.41, 5.74) is 0.0897. The number of halogens is 4. The summed E-state index contributed by atoms with van der Waals surface area (Å²) in [4.78, 5) is 12.1. The van der Waals surface area contributed by atoms with Crippen LogP contribution in [0, 0.1) is 11.7 Å². The SMILES string of the molecule is O=C(c1cc(F)ccc1Cl)C1CCC(F)(F)CC1. The molecule has 0 N–H and O–H groups in total. The summed E-state index contributed by atoms with van der Waals surface area (Å²) >= 11 is 5.83. The molecule has 5 heteroatoms. The lowest BCUT2D eigenvalue weighted by Crippen LogP contribution is -2.28. The largest absolute Gasteiger partial charge is 0.294 e. The quantitative estimate of drug-likeness (QED) is 0.728. The molecular weight excluding hydrogens is 265 g/mol. The molecule has 0 amide bonds. The summed E-state index contributed by atoms with van der Waals surface area (Å²) in [6, 6.07) is 3.53. The van der Waals surface area contributed by atoms with Gasteiger partial charge in [-0.05, 0) is 31.0 Å². The maximum absolute atomic E-state index is 13.1. The molecule has 0 bridgehead atoms. The van der Waals surface area contributed by atoms with Crippen LogP contribution in [0.15, 0.2) is 18.2 Å². The Morgan fingerprint density at radius 2 is 1.89 bits per heavy atom. The highest BCUT2D eigenvalue weighted by Gasteiger charge is 2.37. The zero-order valence-electron chi connectivity index (χ0n) is 9.56. The topological polar surface area (TPSA) is 17.1 Å². The van der Waals surface area contributed by atoms with Crippen LogP contribution < -0.4 is 0 Å². The minimum absolute atomic E-state index is 0.0897. The number of carbonyl (C=O) groups excluding carboxylic acids is 1. The zero-order valence-corrected chi connectivity index (χ0v) is 10.3. The van der Waals surface area contributed by atoms with E-state index in [-0.39, 0.29) is 42.1 Å². The van der Waals surface area contributed by atoms with E-state index in [2.05, 4.69) is 0 Å². The highest BCUT2D eigenvalue weighted by molar-refractivity contribution is 6.34. The van der Waals surface area contributed by atoms with Crippen LogP contribution in [-0.2, 0) is 0 Å². The van der Waals surface area contributed by atoms with Crippen LogP contribution in [0.4, 0.5) is 13.2 Å². The van der Waals surface area contributed by atoms with Crippen molar-refractivity contribution in [3.63, 3.8) is 0 Å². The molecular formula is C13H12ClF3O. The smallest absolute Gasteiger partial charge is 0.248 e. The van der Waals surface area contributed by atoms with Gasteiger partial charge in [0.05, 0.1) is 5.02 Å². The molecule has 0 spiro atoms. The molecule has 0 aromatic heterocycles. The van der Waals surface area contributed by atoms with E-state index in [0.29, 0.717) is 0 Å². The second-order valence-corrected chi connectivity index (χ2v) is 5.03. The lowest BCUT2D eigenvalue weighted by molar-refractivity contribution is -0.0424. The third-order valence-corrected chi connectivity index (χ3v) is 3.61. The standard InChI is InChI=1S/C13H12ClF3O/c14-11-2-1-9(15)7-10(11)12(18)8-3-5-13(16,17)6-4-8/h1-2,7-8H,3-6H2. The average Bonchev–Trinajstić information content (AvgIpc) is 2.31. The Hall–Kier alpha value is -1.03. The van der Waals surface area contributed by atoms with Gasteiger partial charge in [0.15, 0.2) is 5.78 Å². The molecule has 98 valence electrons. The number of hydrogen-bond acceptors (Lipinski definition) is 1. The molecule has 1 aliphatic rings. The first-order valence-electron chi connectivity index (χ1n) is 5.76. The fraction of sp³-hybridized carbons (Fsp3) is 0.462. The summed E-state index contributed by atoms with van der Waals surface area (Å²) in [5, 5.41) is 0.165. The van der Waals surface area contributed by atoms with E-state index in [1.54, 1.807) is 0 Å². The second-order valence-electron chi connectivity index (χ2n) is 4.62. The molecule has 1 saturated carbocycles. The predicted octanol–water partition coefficient (Wildman–Crippen LogP) is 4.49. The molecule has 1 aliphatic carbocycles. The fourth-order valence-corrected chi connectivity index (χ4v) is 2.42. The minimum atomic E-state index is -2.68. The van der Waals surface area contributed by atoms with Crippen LogP contribution in [0.5, 0.6) is 0 Å². The monoisotopic (exact) mass is 276 g/mol. The van der Waals surface area contributed by atoms with Gasteiger partial charge in [-0.25, -0.2) is 13.2 Å². The number of carbonyl (C=O) groups is 1. The van der Waals surface area contributed by atoms with Crippen molar-refractivity contribution >= 4 is 17.4 Å². The maximum atomic E-state index is 13.1. The third kappa shape index (κ3) is 2.86. The summed E-state index contributed by atoms with van der Waals surface area (Å²) in [7, 11) is 0. The van der Waals surface area contributed by atoms with Gasteiger partial charge >= 0.3 is 0 Å². The first-order valence-corrected chi connectivity index (χ1v) is 6.14. The van der Waals surface area contributed by atoms with Crippen molar-refractivity contribution in [2.24, 2.45) is 5.92 Å². The van der Waals surface area contributed by atoms with E-state index in [9.17, 15) is 18.0 Å². The Morgan fingerprint density at radius 3 is 2.50 bits per heavy atom. The molecule has 1 fully saturated rings. The summed E-state index contributed by atoms with van der Waals surface area (Å²) < 4.78 is 39.0. The van der Waals surface area contributed by atoms with Gasteiger partial charge in [-0.1, -0.05) is 11.6 Å². The number of hydrogen-bond donors (Lipinski definition) is 0. The van der Waals surface area contributed by atoms with Crippen LogP contribution in [0.1, 0.15) is 36.0 Å². The summed E-state index contributed by atoms with van der Waals surface area (Å²) in [5.74, 6) is -4.05. The Morgan fingerprint density at radius 1 is 1.28 bits per heavy atom. The number of benzene rings is 1. The van der Waals surface area contributed by atoms with Crippen molar-refractivity contribution < 1.29 is 18.0 Å². The number of ketones is 1. The first kappa shape index (κ1) is 13.4. The molecule has 0 radical (unpaired) electrons. The van der Waals surface area contributed by atoms with E-state index >= 15 is 0 Å². The van der Waals surface area contributed by atoms with Gasteiger partial charge in [-0.2, -0.15) is 0 Å². The molecule has 0 heterocycles. The predicted molar refractivity (Wildman–Crippen MR) is 62.6 cm³/mol. The average molecular weight is 277 g/mol. The van der Waals surface area contributed by atoms with Gasteiger partial charge in [-0.15, -0.1) is 0 Å². The van der Waals surface area contributed by atoms with E-state index in [1.165, 1.54) is 6.07 Å². The van der Waals surface area contributed by atoms with Crippen LogP contribution in [-0.4, -0.2) is 11.7 Å². The van der Waals surface area contributed by atoms with E-state index in [1.807, 2.05) is 0 Å². The van der Waals surface area contributed by atoms with Crippen LogP contribution in [0.25, 0.3) is 0 Å². The molecule has 0 atom stereocenters. The summed E-state index contributed by atoms with van der Waals surface area (Å²) in [6.07, 6.45) is -0.343. The normalized spacial score (nSPS) is 19.8. The van der Waals surface area contributed by atoms with Crippen molar-refractivity contribution in [3.05, 3.63) is 34.6 Å². The Kier molecular flexibility index (Phi) is 3.66. The molecule has 0 unspecified atom stereocenters. The Labute approximate surface area is 108 Å². The molecule has 0 saturated heterocycles. The summed E-state index contributed by atoms with van der Waals surface area (Å²) in [6.45, 7) is 0. The van der Waals surface area contributed by atoms with Gasteiger partial charge in [0, 0.05) is 24.3 Å². The van der Waals surface area contributed by atoms with Crippen LogP contribution >= 0.6 is 11.6 Å². The van der Waals surface area contributed by atoms with E-state index < -0.39 is 17.7 Å². The highest BCUT2D eigenvalue weighted by atomic mass is 35.5. The Balaban J connectivity index is 2.15. The van der Waals surface area contributed by atoms with Gasteiger partial charge in [0.25, 0.3) is 0 Å². The maximum Gasteiger partial charge on any atom is 0.248 e. The van der Waals surface area contributed by atoms with Gasteiger partial charge in [0.2, 0.25) is 5.92 Å². The fourth-order valence-electron chi connectivity index (χ4n) is 2.21. The van der Waals surface area contributed by atoms with Crippen LogP contribution in [0.2, 0.25) is 5.02 Å². The number of rotatable bonds is 2. The molecule has 1 aromatic rings. The molecule has 18 heavy (non-hydrogen) atoms. The van der Waals surface area contributed by atoms with Gasteiger partial charge in [0.1, 0.15) is 5.82 Å². The lowest BCUT2D eigenvalue weighted by atomic mass is 9.82. The van der Waals surface area contributed by atoms with Crippen LogP contribution in [0.3, 0.4) is 0 Å².